The molecule has 1 amide bonds. The van der Waals surface area contributed by atoms with Gasteiger partial charge in [0.1, 0.15) is 165 Å². The molecule has 7 heterocycles. The van der Waals surface area contributed by atoms with Crippen molar-refractivity contribution in [2.75, 3.05) is 46.2 Å². The third-order valence-corrected chi connectivity index (χ3v) is 15.5. The van der Waals surface area contributed by atoms with Gasteiger partial charge in [-0.2, -0.15) is 0 Å². The summed E-state index contributed by atoms with van der Waals surface area (Å²) in [6.07, 6.45) is -72.0. The van der Waals surface area contributed by atoms with Crippen LogP contribution in [0.1, 0.15) is 13.3 Å². The first-order valence-corrected chi connectivity index (χ1v) is 26.7. The number of hydrogen-bond donors (Lipinski definition) is 24. The molecule has 24 N–H and O–H groups in total. The Labute approximate surface area is 479 Å². The van der Waals surface area contributed by atoms with E-state index in [1.807, 2.05) is 0 Å². The van der Waals surface area contributed by atoms with Gasteiger partial charge in [0.25, 0.3) is 5.79 Å². The summed E-state index contributed by atoms with van der Waals surface area (Å²) in [4.78, 5) is 24.6. The average Bonchev–Trinajstić information content (AvgIpc) is 1.68. The molecule has 7 fully saturated rings. The van der Waals surface area contributed by atoms with Gasteiger partial charge in [0, 0.05) is 13.3 Å². The van der Waals surface area contributed by atoms with E-state index in [1.54, 1.807) is 0 Å². The number of aliphatic hydroxyl groups excluding tert-OH is 21. The minimum Gasteiger partial charge on any atom is -0.477 e. The molecule has 7 saturated heterocycles. The second-order valence-electron chi connectivity index (χ2n) is 21.3. The van der Waals surface area contributed by atoms with E-state index in [2.05, 4.69) is 5.32 Å². The largest absolute Gasteiger partial charge is 0.477 e. The summed E-state index contributed by atoms with van der Waals surface area (Å²) in [5.74, 6) is -6.25. The third-order valence-electron chi connectivity index (χ3n) is 15.5. The predicted molar refractivity (Wildman–Crippen MR) is 255 cm³/mol. The van der Waals surface area contributed by atoms with Crippen LogP contribution in [0.5, 0.6) is 0 Å². The summed E-state index contributed by atoms with van der Waals surface area (Å²) in [6, 6.07) is -1.79. The van der Waals surface area contributed by atoms with E-state index in [0.717, 1.165) is 6.92 Å². The van der Waals surface area contributed by atoms with E-state index in [-0.39, 0.29) is 0 Å². The van der Waals surface area contributed by atoms with Crippen molar-refractivity contribution < 1.29 is 189 Å². The van der Waals surface area contributed by atoms with E-state index >= 15 is 0 Å². The molecule has 0 radical (unpaired) electrons. The molecule has 0 bridgehead atoms. The van der Waals surface area contributed by atoms with Gasteiger partial charge >= 0.3 is 5.97 Å². The smallest absolute Gasteiger partial charge is 0.364 e. The molecule has 7 aliphatic rings. The Morgan fingerprint density at radius 2 is 0.835 bits per heavy atom. The first-order chi connectivity index (χ1) is 40.1. The fourth-order valence-corrected chi connectivity index (χ4v) is 10.7. The van der Waals surface area contributed by atoms with E-state index in [9.17, 15) is 127 Å². The zero-order chi connectivity index (χ0) is 62.8. The molecule has 0 saturated carbocycles. The van der Waals surface area contributed by atoms with Crippen LogP contribution in [0.25, 0.3) is 0 Å². The Morgan fingerprint density at radius 1 is 0.459 bits per heavy atom. The molecule has 0 aromatic heterocycles. The van der Waals surface area contributed by atoms with Crippen molar-refractivity contribution in [3.63, 3.8) is 0 Å². The quantitative estimate of drug-likeness (QED) is 0.0479. The van der Waals surface area contributed by atoms with Crippen molar-refractivity contribution in [3.05, 3.63) is 0 Å². The maximum atomic E-state index is 12.5. The highest BCUT2D eigenvalue weighted by atomic mass is 16.8. The Hall–Kier alpha value is -2.46. The zero-order valence-electron chi connectivity index (χ0n) is 44.7. The number of amides is 1. The third kappa shape index (κ3) is 14.8. The number of ether oxygens (including phenoxy) is 13. The number of nitrogens with one attached hydrogen (secondary N) is 1. The molecule has 7 rings (SSSR count). The van der Waals surface area contributed by atoms with Crippen molar-refractivity contribution in [1.82, 2.24) is 5.32 Å². The van der Waals surface area contributed by atoms with Crippen LogP contribution in [0.15, 0.2) is 0 Å². The summed E-state index contributed by atoms with van der Waals surface area (Å²) >= 11 is 0. The highest BCUT2D eigenvalue weighted by Gasteiger charge is 2.60. The average molecular weight is 1250 g/mol. The fraction of sp³-hybridized carbons (Fsp3) is 0.957. The summed E-state index contributed by atoms with van der Waals surface area (Å²) in [5, 5.41) is 250. The van der Waals surface area contributed by atoms with Gasteiger partial charge in [0.05, 0.1) is 52.4 Å². The number of rotatable bonds is 22. The molecule has 85 heavy (non-hydrogen) atoms. The maximum Gasteiger partial charge on any atom is 0.364 e. The van der Waals surface area contributed by atoms with Gasteiger partial charge < -0.3 is 184 Å². The number of aliphatic carboxylic acids is 1. The lowest BCUT2D eigenvalue weighted by Crippen LogP contribution is -2.70. The predicted octanol–water partition coefficient (Wildman–Crippen LogP) is -16.3. The number of hydrogen-bond acceptors (Lipinski definition) is 37. The molecule has 494 valence electrons. The minimum atomic E-state index is -3.28. The molecule has 0 aromatic carbocycles. The Kier molecular flexibility index (Phi) is 24.4. The van der Waals surface area contributed by atoms with Crippen molar-refractivity contribution in [3.8, 4) is 0 Å². The Morgan fingerprint density at radius 3 is 1.31 bits per heavy atom. The highest BCUT2D eigenvalue weighted by molar-refractivity contribution is 5.75. The van der Waals surface area contributed by atoms with E-state index in [0.29, 0.717) is 0 Å². The van der Waals surface area contributed by atoms with Gasteiger partial charge in [-0.1, -0.05) is 0 Å². The second-order valence-corrected chi connectivity index (χ2v) is 21.3. The number of aliphatic hydroxyl groups is 22. The molecular formula is C46H77NO38. The van der Waals surface area contributed by atoms with Crippen LogP contribution in [-0.4, -0.2) is 390 Å². The van der Waals surface area contributed by atoms with Crippen molar-refractivity contribution in [2.45, 2.75) is 228 Å². The van der Waals surface area contributed by atoms with Crippen LogP contribution in [0.2, 0.25) is 0 Å². The first kappa shape index (κ1) is 70.0. The van der Waals surface area contributed by atoms with E-state index in [4.69, 9.17) is 61.6 Å². The SMILES string of the molecule is CC(=O)N[C@H]1[C@@H](O[C@H]2[C@H](O[C@H]3[C@H](O[C@@H]4O[C@H](CO)[C@@H](O)[C@H](O)[C@H]4O)[C@@H](O)[C@@H](O[C@H]4[C@@H]([C@H](O)CO)OC(O)(C(=O)O)C[C@H]4O)O[C@@H]3CO[C@@H]3O[C@H](CO)[C@@H](O)[C@H](O)[C@H]3O[C@H]3O[C@H](CO)[C@@H](O)[C@H](O)[C@H]3O)O[C@H](CO)[C@@H](O)[C@@H]2O)O[C@H](CO)[C@@H](O)[C@@H]1O. The Balaban J connectivity index is 1.35. The lowest BCUT2D eigenvalue weighted by Gasteiger charge is -2.52. The van der Waals surface area contributed by atoms with Gasteiger partial charge in [0.2, 0.25) is 5.91 Å². The Bertz CT molecular complexity index is 2110. The standard InChI is InChI=1S/C46H77NO38/c1-10(54)47-19-25(62)20(57)13(4-49)74-39(19)83-38-29(66)24(61)17(8-53)78-44(38)81-35-18(9-73-43-37(28(65)23(60)16(7-52)77-43)84-41-31(68)27(64)22(59)15(6-51)76-41)79-42(32(69)36(35)82-40-30(67)26(63)21(58)14(5-50)75-40)80-33-11(55)2-46(72,45(70)71)85-34(33)12(56)3-48/h11-44,48-53,55-69,72H,2-9H2,1H3,(H,47,54)(H,70,71)/t11-,12-,13-,14-,15-,16-,17-,18-,19-,20-,21-,22-,23-,24-,25-,26+,27+,28+,29+,30-,31-,32-,33-,34-,35-,36-,37-,38-,39-,40+,41-,42-,43-,44+,46?/m1/s1. The van der Waals surface area contributed by atoms with E-state index in [1.165, 1.54) is 0 Å². The topological polar surface area (TPSA) is 631 Å². The van der Waals surface area contributed by atoms with Gasteiger partial charge in [-0.3, -0.25) is 4.79 Å². The van der Waals surface area contributed by atoms with Gasteiger partial charge in [-0.05, 0) is 0 Å². The maximum absolute atomic E-state index is 12.5. The minimum absolute atomic E-state index is 0.872. The van der Waals surface area contributed by atoms with Crippen LogP contribution >= 0.6 is 0 Å². The molecule has 0 aromatic rings. The molecule has 39 heteroatoms. The van der Waals surface area contributed by atoms with Gasteiger partial charge in [0.15, 0.2) is 37.7 Å². The molecule has 35 atom stereocenters. The normalized spacial score (nSPS) is 50.3. The second kappa shape index (κ2) is 29.7. The molecule has 0 aliphatic carbocycles. The monoisotopic (exact) mass is 1250 g/mol. The van der Waals surface area contributed by atoms with Crippen LogP contribution in [0.4, 0.5) is 0 Å². The summed E-state index contributed by atoms with van der Waals surface area (Å²) < 4.78 is 76.0. The fourth-order valence-electron chi connectivity index (χ4n) is 10.7. The molecular weight excluding hydrogens is 1170 g/mol. The first-order valence-electron chi connectivity index (χ1n) is 26.7. The number of carboxylic acids is 1. The van der Waals surface area contributed by atoms with Crippen LogP contribution in [0.3, 0.4) is 0 Å². The summed E-state index contributed by atoms with van der Waals surface area (Å²) in [5.41, 5.74) is 0. The number of carboxylic acid groups (broad SMARTS) is 1. The molecule has 1 unspecified atom stereocenters. The summed E-state index contributed by atoms with van der Waals surface area (Å²) in [7, 11) is 0. The lowest BCUT2D eigenvalue weighted by molar-refractivity contribution is -0.411. The molecule has 0 spiro atoms. The molecule has 7 aliphatic heterocycles. The van der Waals surface area contributed by atoms with Crippen molar-refractivity contribution >= 4 is 11.9 Å². The summed E-state index contributed by atoms with van der Waals surface area (Å²) in [6.45, 7) is -6.86. The molecule has 39 nitrogen and oxygen atoms in total. The van der Waals surface area contributed by atoms with Crippen LogP contribution < -0.4 is 5.32 Å². The van der Waals surface area contributed by atoms with E-state index < -0.39 is 279 Å². The van der Waals surface area contributed by atoms with Crippen molar-refractivity contribution in [2.24, 2.45) is 0 Å². The van der Waals surface area contributed by atoms with Crippen LogP contribution in [-0.2, 0) is 71.2 Å². The highest BCUT2D eigenvalue weighted by Crippen LogP contribution is 2.40. The number of carbonyl (C=O) groups is 2. The van der Waals surface area contributed by atoms with Gasteiger partial charge in [-0.15, -0.1) is 0 Å². The lowest BCUT2D eigenvalue weighted by atomic mass is 9.92. The van der Waals surface area contributed by atoms with Gasteiger partial charge in [-0.25, -0.2) is 4.79 Å². The number of carbonyl (C=O) groups excluding carboxylic acids is 1. The van der Waals surface area contributed by atoms with Crippen LogP contribution in [0, 0.1) is 0 Å². The van der Waals surface area contributed by atoms with Crippen molar-refractivity contribution in [1.29, 1.82) is 0 Å². The zero-order valence-corrected chi connectivity index (χ0v) is 44.7.